The number of Topliss-reactive ketones (excluding diaryl/α,β-unsaturated/α-hetero) is 1. The van der Waals surface area contributed by atoms with Crippen molar-refractivity contribution in [3.63, 3.8) is 0 Å². The molecule has 0 aliphatic carbocycles. The maximum absolute atomic E-state index is 12.3. The number of hydrogen-bond acceptors (Lipinski definition) is 4. The molecule has 0 aromatic heterocycles. The van der Waals surface area contributed by atoms with Gasteiger partial charge in [-0.15, -0.1) is 0 Å². The maximum Gasteiger partial charge on any atom is 0.262 e. The van der Waals surface area contributed by atoms with Crippen molar-refractivity contribution < 1.29 is 19.1 Å². The largest absolute Gasteiger partial charge is 0.482 e. The highest BCUT2D eigenvalue weighted by Gasteiger charge is 2.28. The van der Waals surface area contributed by atoms with Crippen LogP contribution in [0.1, 0.15) is 23.2 Å². The number of carbonyl (C=O) groups is 2. The minimum atomic E-state index is -0.422. The molecular formula is C13H12ClNO4. The second-order valence-electron chi connectivity index (χ2n) is 4.53. The van der Waals surface area contributed by atoms with Gasteiger partial charge in [-0.1, -0.05) is 11.6 Å². The highest BCUT2D eigenvalue weighted by Crippen LogP contribution is 2.34. The van der Waals surface area contributed by atoms with Gasteiger partial charge in [0, 0.05) is 12.2 Å². The Morgan fingerprint density at radius 3 is 3.00 bits per heavy atom. The Hall–Kier alpha value is -1.59. The average Bonchev–Trinajstić information content (AvgIpc) is 2.91. The minimum Gasteiger partial charge on any atom is -0.482 e. The monoisotopic (exact) mass is 281 g/mol. The van der Waals surface area contributed by atoms with Gasteiger partial charge >= 0.3 is 0 Å². The van der Waals surface area contributed by atoms with E-state index >= 15 is 0 Å². The van der Waals surface area contributed by atoms with Gasteiger partial charge in [0.05, 0.1) is 10.7 Å². The van der Waals surface area contributed by atoms with E-state index in [0.29, 0.717) is 35.1 Å². The van der Waals surface area contributed by atoms with Crippen molar-refractivity contribution in [2.75, 3.05) is 18.5 Å². The fourth-order valence-corrected chi connectivity index (χ4v) is 2.50. The molecule has 5 nitrogen and oxygen atoms in total. The van der Waals surface area contributed by atoms with E-state index in [9.17, 15) is 9.59 Å². The van der Waals surface area contributed by atoms with Crippen molar-refractivity contribution in [2.24, 2.45) is 0 Å². The first-order chi connectivity index (χ1) is 9.15. The topological polar surface area (TPSA) is 64.6 Å². The standard InChI is InChI=1S/C13H12ClNO4/c14-8-5-9-11(19-6-12(16)15-9)4-7(8)13(17)10-2-1-3-18-10/h4-5,10H,1-3,6H2,(H,15,16). The molecule has 2 aliphatic rings. The molecule has 1 N–H and O–H groups in total. The predicted octanol–water partition coefficient (Wildman–Crippen LogP) is 2.03. The molecule has 0 saturated carbocycles. The van der Waals surface area contributed by atoms with E-state index in [1.807, 2.05) is 0 Å². The second-order valence-corrected chi connectivity index (χ2v) is 4.94. The normalized spacial score (nSPS) is 21.5. The molecule has 0 spiro atoms. The number of benzene rings is 1. The van der Waals surface area contributed by atoms with Gasteiger partial charge in [-0.2, -0.15) is 0 Å². The second kappa shape index (κ2) is 4.83. The van der Waals surface area contributed by atoms with Crippen molar-refractivity contribution >= 4 is 29.0 Å². The number of halogens is 1. The third-order valence-corrected chi connectivity index (χ3v) is 3.50. The number of carbonyl (C=O) groups excluding carboxylic acids is 2. The van der Waals surface area contributed by atoms with Crippen molar-refractivity contribution in [2.45, 2.75) is 18.9 Å². The fraction of sp³-hybridized carbons (Fsp3) is 0.385. The summed E-state index contributed by atoms with van der Waals surface area (Å²) >= 11 is 6.10. The fourth-order valence-electron chi connectivity index (χ4n) is 2.25. The lowest BCUT2D eigenvalue weighted by Gasteiger charge is -2.19. The zero-order chi connectivity index (χ0) is 13.4. The molecule has 3 rings (SSSR count). The number of fused-ring (bicyclic) bond motifs is 1. The Morgan fingerprint density at radius 1 is 1.42 bits per heavy atom. The van der Waals surface area contributed by atoms with Crippen LogP contribution >= 0.6 is 11.6 Å². The quantitative estimate of drug-likeness (QED) is 0.843. The lowest BCUT2D eigenvalue weighted by molar-refractivity contribution is -0.118. The molecule has 1 fully saturated rings. The molecule has 19 heavy (non-hydrogen) atoms. The molecule has 2 heterocycles. The van der Waals surface area contributed by atoms with E-state index < -0.39 is 6.10 Å². The summed E-state index contributed by atoms with van der Waals surface area (Å²) in [7, 11) is 0. The van der Waals surface area contributed by atoms with E-state index in [2.05, 4.69) is 5.32 Å². The first-order valence-electron chi connectivity index (χ1n) is 6.07. The van der Waals surface area contributed by atoms with Crippen LogP contribution in [0.4, 0.5) is 5.69 Å². The van der Waals surface area contributed by atoms with E-state index in [-0.39, 0.29) is 18.3 Å². The molecule has 1 aromatic carbocycles. The third-order valence-electron chi connectivity index (χ3n) is 3.19. The molecule has 1 saturated heterocycles. The van der Waals surface area contributed by atoms with Crippen LogP contribution in [0, 0.1) is 0 Å². The van der Waals surface area contributed by atoms with Crippen LogP contribution in [-0.2, 0) is 9.53 Å². The molecule has 1 amide bonds. The number of hydrogen-bond donors (Lipinski definition) is 1. The number of amides is 1. The summed E-state index contributed by atoms with van der Waals surface area (Å²) in [5.74, 6) is 0.0953. The van der Waals surface area contributed by atoms with Gasteiger partial charge in [-0.3, -0.25) is 9.59 Å². The van der Waals surface area contributed by atoms with Crippen LogP contribution in [0.25, 0.3) is 0 Å². The van der Waals surface area contributed by atoms with Gasteiger partial charge < -0.3 is 14.8 Å². The molecule has 100 valence electrons. The molecule has 1 unspecified atom stereocenters. The minimum absolute atomic E-state index is 0.0534. The lowest BCUT2D eigenvalue weighted by atomic mass is 10.0. The van der Waals surface area contributed by atoms with Crippen LogP contribution in [0.5, 0.6) is 5.75 Å². The van der Waals surface area contributed by atoms with Crippen molar-refractivity contribution in [3.8, 4) is 5.75 Å². The summed E-state index contributed by atoms with van der Waals surface area (Å²) in [5.41, 5.74) is 0.869. The van der Waals surface area contributed by atoms with Crippen LogP contribution in [0.2, 0.25) is 5.02 Å². The molecule has 6 heteroatoms. The first-order valence-corrected chi connectivity index (χ1v) is 6.45. The third kappa shape index (κ3) is 2.31. The number of ether oxygens (including phenoxy) is 2. The Labute approximate surface area is 114 Å². The highest BCUT2D eigenvalue weighted by atomic mass is 35.5. The summed E-state index contributed by atoms with van der Waals surface area (Å²) in [6.45, 7) is 0.549. The van der Waals surface area contributed by atoms with Gasteiger partial charge in [0.1, 0.15) is 11.9 Å². The number of nitrogens with one attached hydrogen (secondary N) is 1. The summed E-state index contributed by atoms with van der Waals surface area (Å²) in [4.78, 5) is 23.5. The predicted molar refractivity (Wildman–Crippen MR) is 68.9 cm³/mol. The van der Waals surface area contributed by atoms with Crippen LogP contribution in [0.3, 0.4) is 0 Å². The molecule has 0 radical (unpaired) electrons. The number of rotatable bonds is 2. The number of anilines is 1. The van der Waals surface area contributed by atoms with Gasteiger partial charge in [0.2, 0.25) is 0 Å². The molecular weight excluding hydrogens is 270 g/mol. The summed E-state index contributed by atoms with van der Waals surface area (Å²) < 4.78 is 10.6. The van der Waals surface area contributed by atoms with Gasteiger partial charge in [0.15, 0.2) is 12.4 Å². The highest BCUT2D eigenvalue weighted by molar-refractivity contribution is 6.34. The van der Waals surface area contributed by atoms with Crippen molar-refractivity contribution in [1.29, 1.82) is 0 Å². The average molecular weight is 282 g/mol. The summed E-state index contributed by atoms with van der Waals surface area (Å²) in [6.07, 6.45) is 1.17. The van der Waals surface area contributed by atoms with Gasteiger partial charge in [0.25, 0.3) is 5.91 Å². The van der Waals surface area contributed by atoms with Crippen LogP contribution < -0.4 is 10.1 Å². The van der Waals surface area contributed by atoms with E-state index in [1.54, 1.807) is 6.07 Å². The van der Waals surface area contributed by atoms with E-state index in [4.69, 9.17) is 21.1 Å². The first kappa shape index (κ1) is 12.4. The van der Waals surface area contributed by atoms with E-state index in [0.717, 1.165) is 6.42 Å². The van der Waals surface area contributed by atoms with Gasteiger partial charge in [-0.25, -0.2) is 0 Å². The Bertz CT molecular complexity index is 552. The van der Waals surface area contributed by atoms with E-state index in [1.165, 1.54) is 6.07 Å². The summed E-state index contributed by atoms with van der Waals surface area (Å²) in [5, 5.41) is 2.94. The Morgan fingerprint density at radius 2 is 2.26 bits per heavy atom. The van der Waals surface area contributed by atoms with Crippen molar-refractivity contribution in [3.05, 3.63) is 22.7 Å². The molecule has 1 aromatic rings. The Kier molecular flexibility index (Phi) is 3.16. The van der Waals surface area contributed by atoms with Crippen LogP contribution in [-0.4, -0.2) is 31.0 Å². The van der Waals surface area contributed by atoms with Crippen molar-refractivity contribution in [1.82, 2.24) is 0 Å². The SMILES string of the molecule is O=C1COc2cc(C(=O)C3CCCO3)c(Cl)cc2N1. The van der Waals surface area contributed by atoms with Crippen LogP contribution in [0.15, 0.2) is 12.1 Å². The molecule has 2 aliphatic heterocycles. The zero-order valence-electron chi connectivity index (χ0n) is 10.1. The summed E-state index contributed by atoms with van der Waals surface area (Å²) in [6, 6.07) is 3.11. The number of ketones is 1. The maximum atomic E-state index is 12.3. The molecule has 0 bridgehead atoms. The lowest BCUT2D eigenvalue weighted by Crippen LogP contribution is -2.26. The Balaban J connectivity index is 1.94. The molecule has 1 atom stereocenters. The zero-order valence-corrected chi connectivity index (χ0v) is 10.8. The smallest absolute Gasteiger partial charge is 0.262 e. The van der Waals surface area contributed by atoms with Gasteiger partial charge in [-0.05, 0) is 25.0 Å².